The van der Waals surface area contributed by atoms with Crippen LogP contribution in [0.15, 0.2) is 23.7 Å². The van der Waals surface area contributed by atoms with Crippen molar-refractivity contribution in [3.05, 3.63) is 29.3 Å². The first kappa shape index (κ1) is 12.5. The molecule has 0 aliphatic rings. The molecule has 0 fully saturated rings. The predicted octanol–water partition coefficient (Wildman–Crippen LogP) is 4.16. The predicted molar refractivity (Wildman–Crippen MR) is 73.3 cm³/mol. The van der Waals surface area contributed by atoms with Gasteiger partial charge in [-0.3, -0.25) is 4.98 Å². The Morgan fingerprint density at radius 3 is 2.94 bits per heavy atom. The number of aromatic nitrogens is 1. The average Bonchev–Trinajstić information content (AvgIpc) is 2.75. The highest BCUT2D eigenvalue weighted by molar-refractivity contribution is 7.17. The van der Waals surface area contributed by atoms with E-state index in [1.807, 2.05) is 11.4 Å². The molecular formula is C14H19NOS. The van der Waals surface area contributed by atoms with Crippen molar-refractivity contribution < 1.29 is 5.11 Å². The molecule has 2 nitrogen and oxygen atoms in total. The van der Waals surface area contributed by atoms with Gasteiger partial charge >= 0.3 is 0 Å². The van der Waals surface area contributed by atoms with Crippen molar-refractivity contribution in [1.82, 2.24) is 4.98 Å². The number of fused-ring (bicyclic) bond motifs is 1. The fraction of sp³-hybridized carbons (Fsp3) is 0.500. The molecule has 3 heteroatoms. The number of nitrogens with zero attached hydrogens (tertiary/aromatic N) is 1. The van der Waals surface area contributed by atoms with Gasteiger partial charge in [-0.05, 0) is 29.9 Å². The molecule has 0 radical (unpaired) electrons. The summed E-state index contributed by atoms with van der Waals surface area (Å²) in [4.78, 5) is 4.36. The number of aliphatic hydroxyl groups is 1. The first-order chi connectivity index (χ1) is 8.16. The highest BCUT2D eigenvalue weighted by Gasteiger charge is 2.09. The van der Waals surface area contributed by atoms with Gasteiger partial charge in [0, 0.05) is 11.8 Å². The zero-order chi connectivity index (χ0) is 12.3. The quantitative estimate of drug-likeness (QED) is 0.863. The largest absolute Gasteiger partial charge is 0.388 e. The molecule has 0 saturated heterocycles. The van der Waals surface area contributed by atoms with Crippen molar-refractivity contribution in [2.75, 3.05) is 0 Å². The lowest BCUT2D eigenvalue weighted by atomic mass is 10.0. The Kier molecular flexibility index (Phi) is 4.13. The smallest absolute Gasteiger partial charge is 0.0809 e. The topological polar surface area (TPSA) is 33.1 Å². The highest BCUT2D eigenvalue weighted by Crippen LogP contribution is 2.25. The van der Waals surface area contributed by atoms with E-state index in [0.717, 1.165) is 28.6 Å². The molecule has 1 atom stereocenters. The van der Waals surface area contributed by atoms with Gasteiger partial charge in [-0.25, -0.2) is 0 Å². The Bertz CT molecular complexity index is 478. The molecule has 2 rings (SSSR count). The first-order valence-electron chi connectivity index (χ1n) is 6.18. The zero-order valence-corrected chi connectivity index (χ0v) is 11.2. The zero-order valence-electron chi connectivity index (χ0n) is 10.4. The number of pyridine rings is 1. The first-order valence-corrected chi connectivity index (χ1v) is 7.06. The van der Waals surface area contributed by atoms with E-state index in [1.54, 1.807) is 17.5 Å². The minimum absolute atomic E-state index is 0.368. The third-order valence-corrected chi connectivity index (χ3v) is 3.82. The molecule has 0 aliphatic carbocycles. The van der Waals surface area contributed by atoms with Gasteiger partial charge in [0.15, 0.2) is 0 Å². The molecule has 17 heavy (non-hydrogen) atoms. The Morgan fingerprint density at radius 2 is 2.18 bits per heavy atom. The second-order valence-electron chi connectivity index (χ2n) is 4.91. The summed E-state index contributed by atoms with van der Waals surface area (Å²) in [6.07, 6.45) is 4.51. The van der Waals surface area contributed by atoms with E-state index < -0.39 is 0 Å². The van der Waals surface area contributed by atoms with Crippen molar-refractivity contribution in [1.29, 1.82) is 0 Å². The molecule has 0 saturated carbocycles. The van der Waals surface area contributed by atoms with Crippen molar-refractivity contribution in [3.8, 4) is 0 Å². The molecule has 0 amide bonds. The van der Waals surface area contributed by atoms with E-state index >= 15 is 0 Å². The van der Waals surface area contributed by atoms with Gasteiger partial charge in [0.1, 0.15) is 0 Å². The Balaban J connectivity index is 2.00. The molecule has 1 N–H and O–H groups in total. The highest BCUT2D eigenvalue weighted by atomic mass is 32.1. The lowest BCUT2D eigenvalue weighted by Gasteiger charge is -2.11. The Labute approximate surface area is 106 Å². The molecule has 0 spiro atoms. The molecule has 0 bridgehead atoms. The Morgan fingerprint density at radius 1 is 1.35 bits per heavy atom. The maximum absolute atomic E-state index is 10.1. The second kappa shape index (κ2) is 5.61. The van der Waals surface area contributed by atoms with Crippen LogP contribution in [-0.2, 0) is 0 Å². The van der Waals surface area contributed by atoms with Gasteiger partial charge < -0.3 is 5.11 Å². The van der Waals surface area contributed by atoms with Gasteiger partial charge in [0.05, 0.1) is 16.3 Å². The average molecular weight is 249 g/mol. The summed E-state index contributed by atoms with van der Waals surface area (Å²) >= 11 is 1.67. The van der Waals surface area contributed by atoms with E-state index in [9.17, 15) is 5.11 Å². The number of thiophene rings is 1. The molecule has 0 aliphatic heterocycles. The lowest BCUT2D eigenvalue weighted by molar-refractivity contribution is 0.162. The van der Waals surface area contributed by atoms with Gasteiger partial charge in [-0.2, -0.15) is 0 Å². The molecule has 92 valence electrons. The summed E-state index contributed by atoms with van der Waals surface area (Å²) in [5.41, 5.74) is 1.97. The SMILES string of the molecule is CC(C)CCCC(O)c1cnc2ccsc2c1. The summed E-state index contributed by atoms with van der Waals surface area (Å²) in [5, 5.41) is 12.1. The van der Waals surface area contributed by atoms with Crippen molar-refractivity contribution in [2.24, 2.45) is 5.92 Å². The van der Waals surface area contributed by atoms with Gasteiger partial charge in [0.25, 0.3) is 0 Å². The lowest BCUT2D eigenvalue weighted by Crippen LogP contribution is -1.99. The fourth-order valence-corrected chi connectivity index (χ4v) is 2.72. The third kappa shape index (κ3) is 3.27. The summed E-state index contributed by atoms with van der Waals surface area (Å²) in [6.45, 7) is 4.43. The van der Waals surface area contributed by atoms with Crippen LogP contribution < -0.4 is 0 Å². The molecule has 2 heterocycles. The second-order valence-corrected chi connectivity index (χ2v) is 5.86. The molecule has 0 aromatic carbocycles. The summed E-state index contributed by atoms with van der Waals surface area (Å²) in [5.74, 6) is 0.708. The van der Waals surface area contributed by atoms with E-state index in [0.29, 0.717) is 5.92 Å². The molecule has 1 unspecified atom stereocenters. The van der Waals surface area contributed by atoms with Crippen LogP contribution in [0.5, 0.6) is 0 Å². The number of aliphatic hydroxyl groups excluding tert-OH is 1. The van der Waals surface area contributed by atoms with Crippen LogP contribution >= 0.6 is 11.3 Å². The standard InChI is InChI=1S/C14H19NOS/c1-10(2)4-3-5-13(16)11-8-14-12(15-9-11)6-7-17-14/h6-10,13,16H,3-5H2,1-2H3. The van der Waals surface area contributed by atoms with Crippen LogP contribution in [0.3, 0.4) is 0 Å². The van der Waals surface area contributed by atoms with Crippen molar-refractivity contribution in [2.45, 2.75) is 39.2 Å². The monoisotopic (exact) mass is 249 g/mol. The Hall–Kier alpha value is -0.930. The molecular weight excluding hydrogens is 230 g/mol. The van der Waals surface area contributed by atoms with Crippen LogP contribution in [0.25, 0.3) is 10.2 Å². The van der Waals surface area contributed by atoms with Crippen LogP contribution in [0.2, 0.25) is 0 Å². The number of hydrogen-bond acceptors (Lipinski definition) is 3. The third-order valence-electron chi connectivity index (χ3n) is 2.97. The van der Waals surface area contributed by atoms with Crippen LogP contribution in [0.1, 0.15) is 44.8 Å². The minimum Gasteiger partial charge on any atom is -0.388 e. The van der Waals surface area contributed by atoms with Crippen LogP contribution in [0.4, 0.5) is 0 Å². The number of rotatable bonds is 5. The summed E-state index contributed by atoms with van der Waals surface area (Å²) in [7, 11) is 0. The fourth-order valence-electron chi connectivity index (χ4n) is 1.93. The maximum atomic E-state index is 10.1. The van der Waals surface area contributed by atoms with E-state index in [1.165, 1.54) is 6.42 Å². The normalized spacial score (nSPS) is 13.4. The number of hydrogen-bond donors (Lipinski definition) is 1. The molecule has 2 aromatic heterocycles. The summed E-state index contributed by atoms with van der Waals surface area (Å²) in [6, 6.07) is 4.07. The minimum atomic E-state index is -0.368. The maximum Gasteiger partial charge on any atom is 0.0809 e. The van der Waals surface area contributed by atoms with Crippen LogP contribution in [-0.4, -0.2) is 10.1 Å². The molecule has 2 aromatic rings. The van der Waals surface area contributed by atoms with E-state index in [2.05, 4.69) is 24.9 Å². The van der Waals surface area contributed by atoms with Gasteiger partial charge in [0.2, 0.25) is 0 Å². The van der Waals surface area contributed by atoms with E-state index in [-0.39, 0.29) is 6.10 Å². The van der Waals surface area contributed by atoms with Gasteiger partial charge in [-0.1, -0.05) is 26.7 Å². The summed E-state index contributed by atoms with van der Waals surface area (Å²) < 4.78 is 1.16. The van der Waals surface area contributed by atoms with Gasteiger partial charge in [-0.15, -0.1) is 11.3 Å². The van der Waals surface area contributed by atoms with Crippen LogP contribution in [0, 0.1) is 5.92 Å². The van der Waals surface area contributed by atoms with Crippen molar-refractivity contribution in [3.63, 3.8) is 0 Å². The van der Waals surface area contributed by atoms with Crippen molar-refractivity contribution >= 4 is 21.6 Å². The van der Waals surface area contributed by atoms with E-state index in [4.69, 9.17) is 0 Å².